The van der Waals surface area contributed by atoms with Crippen molar-refractivity contribution in [2.75, 3.05) is 20.8 Å². The van der Waals surface area contributed by atoms with Crippen molar-refractivity contribution in [3.8, 4) is 11.5 Å². The highest BCUT2D eigenvalue weighted by Gasteiger charge is 2.08. The van der Waals surface area contributed by atoms with Crippen molar-refractivity contribution >= 4 is 6.03 Å². The number of carbonyl (C=O) groups excluding carboxylic acids is 1. The summed E-state index contributed by atoms with van der Waals surface area (Å²) < 4.78 is 10.4. The van der Waals surface area contributed by atoms with Crippen molar-refractivity contribution in [3.63, 3.8) is 0 Å². The van der Waals surface area contributed by atoms with E-state index in [1.807, 2.05) is 18.2 Å². The van der Waals surface area contributed by atoms with Gasteiger partial charge in [0, 0.05) is 13.1 Å². The fourth-order valence-electron chi connectivity index (χ4n) is 2.05. The second kappa shape index (κ2) is 9.10. The van der Waals surface area contributed by atoms with Crippen LogP contribution in [0.4, 0.5) is 4.79 Å². The first-order chi connectivity index (χ1) is 10.1. The highest BCUT2D eigenvalue weighted by atomic mass is 16.5. The maximum atomic E-state index is 11.8. The van der Waals surface area contributed by atoms with Crippen LogP contribution in [0.25, 0.3) is 0 Å². The van der Waals surface area contributed by atoms with Gasteiger partial charge in [-0.05, 0) is 23.6 Å². The molecule has 0 saturated heterocycles. The number of methoxy groups -OCH3 is 2. The predicted octanol–water partition coefficient (Wildman–Crippen LogP) is 2.94. The SMILES string of the molecule is CCC(CC)CNC(=O)NCc1ccc(OC)c(OC)c1. The summed E-state index contributed by atoms with van der Waals surface area (Å²) in [5.74, 6) is 1.88. The monoisotopic (exact) mass is 294 g/mol. The first-order valence-electron chi connectivity index (χ1n) is 7.37. The Morgan fingerprint density at radius 3 is 2.33 bits per heavy atom. The Morgan fingerprint density at radius 2 is 1.76 bits per heavy atom. The lowest BCUT2D eigenvalue weighted by molar-refractivity contribution is 0.238. The molecule has 118 valence electrons. The topological polar surface area (TPSA) is 59.6 Å². The smallest absolute Gasteiger partial charge is 0.315 e. The Labute approximate surface area is 127 Å². The van der Waals surface area contributed by atoms with Gasteiger partial charge in [-0.25, -0.2) is 4.79 Å². The highest BCUT2D eigenvalue weighted by molar-refractivity contribution is 5.73. The lowest BCUT2D eigenvalue weighted by atomic mass is 10.0. The van der Waals surface area contributed by atoms with Gasteiger partial charge in [0.25, 0.3) is 0 Å². The molecule has 5 heteroatoms. The summed E-state index contributed by atoms with van der Waals surface area (Å²) in [6, 6.07) is 5.46. The van der Waals surface area contributed by atoms with Crippen molar-refractivity contribution in [2.45, 2.75) is 33.2 Å². The number of carbonyl (C=O) groups is 1. The Bertz CT molecular complexity index is 445. The number of nitrogens with one attached hydrogen (secondary N) is 2. The number of hydrogen-bond donors (Lipinski definition) is 2. The van der Waals surface area contributed by atoms with Crippen LogP contribution in [0.15, 0.2) is 18.2 Å². The quantitative estimate of drug-likeness (QED) is 0.775. The zero-order valence-electron chi connectivity index (χ0n) is 13.4. The Balaban J connectivity index is 2.46. The van der Waals surface area contributed by atoms with E-state index in [1.165, 1.54) is 0 Å². The molecule has 1 aromatic carbocycles. The predicted molar refractivity (Wildman–Crippen MR) is 83.9 cm³/mol. The maximum Gasteiger partial charge on any atom is 0.315 e. The van der Waals surface area contributed by atoms with Crippen LogP contribution in [0.3, 0.4) is 0 Å². The molecule has 1 rings (SSSR count). The number of benzene rings is 1. The summed E-state index contributed by atoms with van der Waals surface area (Å²) in [4.78, 5) is 11.8. The number of hydrogen-bond acceptors (Lipinski definition) is 3. The van der Waals surface area contributed by atoms with Gasteiger partial charge in [0.15, 0.2) is 11.5 Å². The normalized spacial score (nSPS) is 10.3. The Morgan fingerprint density at radius 1 is 1.10 bits per heavy atom. The molecular formula is C16H26N2O3. The van der Waals surface area contributed by atoms with E-state index < -0.39 is 0 Å². The van der Waals surface area contributed by atoms with Crippen molar-refractivity contribution in [2.24, 2.45) is 5.92 Å². The summed E-state index contributed by atoms with van der Waals surface area (Å²) >= 11 is 0. The third-order valence-corrected chi connectivity index (χ3v) is 3.61. The maximum absolute atomic E-state index is 11.8. The van der Waals surface area contributed by atoms with E-state index in [2.05, 4.69) is 24.5 Å². The minimum atomic E-state index is -0.142. The van der Waals surface area contributed by atoms with E-state index in [9.17, 15) is 4.79 Å². The molecule has 0 aliphatic carbocycles. The lowest BCUT2D eigenvalue weighted by Crippen LogP contribution is -2.37. The van der Waals surface area contributed by atoms with E-state index >= 15 is 0 Å². The Kier molecular flexibility index (Phi) is 7.43. The van der Waals surface area contributed by atoms with Crippen LogP contribution in [0.5, 0.6) is 11.5 Å². The number of ether oxygens (including phenoxy) is 2. The fourth-order valence-corrected chi connectivity index (χ4v) is 2.05. The largest absolute Gasteiger partial charge is 0.493 e. The van der Waals surface area contributed by atoms with Crippen LogP contribution in [0.2, 0.25) is 0 Å². The van der Waals surface area contributed by atoms with E-state index in [4.69, 9.17) is 9.47 Å². The van der Waals surface area contributed by atoms with Crippen LogP contribution in [-0.2, 0) is 6.54 Å². The molecule has 5 nitrogen and oxygen atoms in total. The van der Waals surface area contributed by atoms with Gasteiger partial charge in [-0.15, -0.1) is 0 Å². The number of rotatable bonds is 8. The fraction of sp³-hybridized carbons (Fsp3) is 0.562. The highest BCUT2D eigenvalue weighted by Crippen LogP contribution is 2.27. The van der Waals surface area contributed by atoms with E-state index in [0.717, 1.165) is 18.4 Å². The van der Waals surface area contributed by atoms with Gasteiger partial charge in [-0.2, -0.15) is 0 Å². The van der Waals surface area contributed by atoms with Gasteiger partial charge in [0.05, 0.1) is 14.2 Å². The molecule has 0 radical (unpaired) electrons. The summed E-state index contributed by atoms with van der Waals surface area (Å²) in [7, 11) is 3.19. The molecule has 0 atom stereocenters. The first kappa shape index (κ1) is 17.1. The third-order valence-electron chi connectivity index (χ3n) is 3.61. The average Bonchev–Trinajstić information content (AvgIpc) is 2.53. The van der Waals surface area contributed by atoms with Gasteiger partial charge < -0.3 is 20.1 Å². The number of urea groups is 1. The molecule has 2 N–H and O–H groups in total. The molecule has 0 saturated carbocycles. The Hall–Kier alpha value is -1.91. The minimum absolute atomic E-state index is 0.142. The van der Waals surface area contributed by atoms with Gasteiger partial charge in [0.1, 0.15) is 0 Å². The van der Waals surface area contributed by atoms with Gasteiger partial charge in [-0.3, -0.25) is 0 Å². The first-order valence-corrected chi connectivity index (χ1v) is 7.37. The molecule has 2 amide bonds. The molecule has 0 aliphatic heterocycles. The summed E-state index contributed by atoms with van der Waals surface area (Å²) in [6.07, 6.45) is 2.15. The third kappa shape index (κ3) is 5.53. The second-order valence-electron chi connectivity index (χ2n) is 4.94. The molecule has 0 spiro atoms. The van der Waals surface area contributed by atoms with Crippen LogP contribution < -0.4 is 20.1 Å². The lowest BCUT2D eigenvalue weighted by Gasteiger charge is -2.14. The van der Waals surface area contributed by atoms with E-state index in [-0.39, 0.29) is 6.03 Å². The molecule has 21 heavy (non-hydrogen) atoms. The van der Waals surface area contributed by atoms with E-state index in [1.54, 1.807) is 14.2 Å². The molecule has 0 bridgehead atoms. The molecule has 0 fully saturated rings. The summed E-state index contributed by atoms with van der Waals surface area (Å²) in [5.41, 5.74) is 0.963. The van der Waals surface area contributed by atoms with Gasteiger partial charge in [-0.1, -0.05) is 32.8 Å². The molecule has 0 aliphatic rings. The summed E-state index contributed by atoms with van der Waals surface area (Å²) in [6.45, 7) is 5.44. The molecule has 0 aromatic heterocycles. The number of amides is 2. The molecule has 0 unspecified atom stereocenters. The van der Waals surface area contributed by atoms with Crippen molar-refractivity contribution in [1.82, 2.24) is 10.6 Å². The van der Waals surface area contributed by atoms with Crippen molar-refractivity contribution in [1.29, 1.82) is 0 Å². The zero-order valence-corrected chi connectivity index (χ0v) is 13.4. The van der Waals surface area contributed by atoms with Crippen LogP contribution >= 0.6 is 0 Å². The van der Waals surface area contributed by atoms with Crippen LogP contribution in [0.1, 0.15) is 32.3 Å². The van der Waals surface area contributed by atoms with Gasteiger partial charge >= 0.3 is 6.03 Å². The minimum Gasteiger partial charge on any atom is -0.493 e. The van der Waals surface area contributed by atoms with Crippen LogP contribution in [0, 0.1) is 5.92 Å². The van der Waals surface area contributed by atoms with E-state index in [0.29, 0.717) is 30.5 Å². The standard InChI is InChI=1S/C16H26N2O3/c1-5-12(6-2)10-17-16(19)18-11-13-7-8-14(20-3)15(9-13)21-4/h7-9,12H,5-6,10-11H2,1-4H3,(H2,17,18,19). The van der Waals surface area contributed by atoms with Crippen molar-refractivity contribution < 1.29 is 14.3 Å². The van der Waals surface area contributed by atoms with Crippen LogP contribution in [-0.4, -0.2) is 26.8 Å². The molecular weight excluding hydrogens is 268 g/mol. The second-order valence-corrected chi connectivity index (χ2v) is 4.94. The van der Waals surface area contributed by atoms with Gasteiger partial charge in [0.2, 0.25) is 0 Å². The molecule has 1 aromatic rings. The van der Waals surface area contributed by atoms with Crippen molar-refractivity contribution in [3.05, 3.63) is 23.8 Å². The zero-order chi connectivity index (χ0) is 15.7. The molecule has 0 heterocycles. The summed E-state index contributed by atoms with van der Waals surface area (Å²) in [5, 5.41) is 5.74. The average molecular weight is 294 g/mol.